The van der Waals surface area contributed by atoms with E-state index >= 15 is 0 Å². The molecule has 7 heteroatoms. The summed E-state index contributed by atoms with van der Waals surface area (Å²) in [7, 11) is 3.38. The van der Waals surface area contributed by atoms with Crippen LogP contribution in [0.4, 0.5) is 0 Å². The summed E-state index contributed by atoms with van der Waals surface area (Å²) in [6, 6.07) is 6.85. The summed E-state index contributed by atoms with van der Waals surface area (Å²) in [4.78, 5) is 33.9. The Kier molecular flexibility index (Phi) is 12.6. The van der Waals surface area contributed by atoms with Gasteiger partial charge in [0.15, 0.2) is 0 Å². The predicted octanol–water partition coefficient (Wildman–Crippen LogP) is 1.91. The average Bonchev–Trinajstić information content (AvgIpc) is 2.62. The van der Waals surface area contributed by atoms with Crippen molar-refractivity contribution in [3.05, 3.63) is 35.4 Å². The van der Waals surface area contributed by atoms with Gasteiger partial charge in [-0.1, -0.05) is 25.5 Å². The highest BCUT2D eigenvalue weighted by molar-refractivity contribution is 5.94. The normalized spacial score (nSPS) is 10.8. The minimum absolute atomic E-state index is 0.160. The van der Waals surface area contributed by atoms with Crippen LogP contribution in [0.15, 0.2) is 24.3 Å². The van der Waals surface area contributed by atoms with Gasteiger partial charge in [0.05, 0.1) is 19.1 Å². The number of carbonyl (C=O) groups excluding carboxylic acids is 3. The molecular formula is C19H30N2O5. The van der Waals surface area contributed by atoms with Crippen LogP contribution in [0.25, 0.3) is 0 Å². The van der Waals surface area contributed by atoms with Crippen LogP contribution in [0.2, 0.25) is 0 Å². The van der Waals surface area contributed by atoms with Crippen LogP contribution in [-0.2, 0) is 14.3 Å². The highest BCUT2D eigenvalue weighted by Gasteiger charge is 2.09. The van der Waals surface area contributed by atoms with Gasteiger partial charge in [-0.25, -0.2) is 0 Å². The molecule has 1 aromatic rings. The third-order valence-electron chi connectivity index (χ3n) is 3.25. The Labute approximate surface area is 155 Å². The second-order valence-corrected chi connectivity index (χ2v) is 5.81. The quantitative estimate of drug-likeness (QED) is 0.514. The molecule has 0 aliphatic carbocycles. The molecule has 1 unspecified atom stereocenters. The van der Waals surface area contributed by atoms with Crippen LogP contribution in [-0.4, -0.2) is 55.5 Å². The molecule has 0 aromatic heterocycles. The lowest BCUT2D eigenvalue weighted by atomic mass is 10.0. The monoisotopic (exact) mass is 366 g/mol. The zero-order valence-corrected chi connectivity index (χ0v) is 16.0. The van der Waals surface area contributed by atoms with Gasteiger partial charge in [0.25, 0.3) is 5.91 Å². The van der Waals surface area contributed by atoms with Crippen molar-refractivity contribution >= 4 is 18.3 Å². The molecule has 0 saturated carbocycles. The summed E-state index contributed by atoms with van der Waals surface area (Å²) in [5.74, 6) is -0.563. The van der Waals surface area contributed by atoms with E-state index in [1.54, 1.807) is 45.3 Å². The third kappa shape index (κ3) is 10.5. The number of benzene rings is 1. The molecule has 1 atom stereocenters. The van der Waals surface area contributed by atoms with Crippen molar-refractivity contribution in [2.24, 2.45) is 0 Å². The van der Waals surface area contributed by atoms with Crippen LogP contribution < -0.4 is 5.32 Å². The number of rotatable bonds is 9. The molecule has 2 N–H and O–H groups in total. The number of hydrogen-bond acceptors (Lipinski definition) is 5. The van der Waals surface area contributed by atoms with Gasteiger partial charge in [0, 0.05) is 26.2 Å². The molecule has 26 heavy (non-hydrogen) atoms. The summed E-state index contributed by atoms with van der Waals surface area (Å²) in [5.41, 5.74) is 1.31. The largest absolute Gasteiger partial charge is 0.466 e. The van der Waals surface area contributed by atoms with E-state index in [4.69, 9.17) is 4.74 Å². The lowest BCUT2D eigenvalue weighted by Gasteiger charge is -2.10. The number of aliphatic hydroxyl groups is 1. The van der Waals surface area contributed by atoms with Crippen molar-refractivity contribution < 1.29 is 24.2 Å². The number of esters is 1. The fourth-order valence-electron chi connectivity index (χ4n) is 1.91. The lowest BCUT2D eigenvalue weighted by Crippen LogP contribution is -2.26. The van der Waals surface area contributed by atoms with E-state index in [2.05, 4.69) is 5.32 Å². The summed E-state index contributed by atoms with van der Waals surface area (Å²) in [6.45, 7) is 4.34. The first kappa shape index (κ1) is 23.6. The van der Waals surface area contributed by atoms with E-state index in [1.807, 2.05) is 6.92 Å². The van der Waals surface area contributed by atoms with Gasteiger partial charge in [0.1, 0.15) is 0 Å². The van der Waals surface area contributed by atoms with Crippen LogP contribution in [0, 0.1) is 0 Å². The molecule has 0 radical (unpaired) electrons. The Bertz CT molecular complexity index is 543. The first-order valence-electron chi connectivity index (χ1n) is 8.69. The van der Waals surface area contributed by atoms with Gasteiger partial charge in [0.2, 0.25) is 6.41 Å². The molecule has 0 heterocycles. The maximum absolute atomic E-state index is 11.9. The fraction of sp³-hybridized carbons (Fsp3) is 0.526. The van der Waals surface area contributed by atoms with Crippen molar-refractivity contribution in [3.63, 3.8) is 0 Å². The molecular weight excluding hydrogens is 336 g/mol. The number of aliphatic hydroxyl groups excluding tert-OH is 1. The SMILES string of the molecule is CCCC(O)c1ccc(C(=O)NCCC(=O)OCC)cc1.CN(C)C=O. The van der Waals surface area contributed by atoms with Crippen molar-refractivity contribution in [2.45, 2.75) is 39.2 Å². The Balaban J connectivity index is 0.00000110. The van der Waals surface area contributed by atoms with E-state index < -0.39 is 6.10 Å². The van der Waals surface area contributed by atoms with Gasteiger partial charge in [-0.3, -0.25) is 14.4 Å². The summed E-state index contributed by atoms with van der Waals surface area (Å²) >= 11 is 0. The number of nitrogens with zero attached hydrogens (tertiary/aromatic N) is 1. The summed E-state index contributed by atoms with van der Waals surface area (Å²) in [6.07, 6.45) is 2.02. The van der Waals surface area contributed by atoms with Gasteiger partial charge in [-0.2, -0.15) is 0 Å². The molecule has 0 bridgehead atoms. The zero-order chi connectivity index (χ0) is 19.9. The van der Waals surface area contributed by atoms with Crippen molar-refractivity contribution in [1.82, 2.24) is 10.2 Å². The highest BCUT2D eigenvalue weighted by Crippen LogP contribution is 2.18. The number of nitrogens with one attached hydrogen (secondary N) is 1. The number of hydrogen-bond donors (Lipinski definition) is 2. The second-order valence-electron chi connectivity index (χ2n) is 5.81. The van der Waals surface area contributed by atoms with Gasteiger partial charge >= 0.3 is 5.97 Å². The molecule has 1 aromatic carbocycles. The van der Waals surface area contributed by atoms with E-state index in [-0.39, 0.29) is 24.8 Å². The van der Waals surface area contributed by atoms with Gasteiger partial charge in [-0.15, -0.1) is 0 Å². The van der Waals surface area contributed by atoms with E-state index in [0.29, 0.717) is 18.6 Å². The van der Waals surface area contributed by atoms with Gasteiger partial charge in [-0.05, 0) is 31.0 Å². The summed E-state index contributed by atoms with van der Waals surface area (Å²) < 4.78 is 4.78. The highest BCUT2D eigenvalue weighted by atomic mass is 16.5. The maximum Gasteiger partial charge on any atom is 0.307 e. The number of amides is 2. The smallest absolute Gasteiger partial charge is 0.307 e. The Morgan fingerprint density at radius 2 is 1.81 bits per heavy atom. The van der Waals surface area contributed by atoms with Crippen molar-refractivity contribution in [3.8, 4) is 0 Å². The Hall–Kier alpha value is -2.41. The molecule has 0 aliphatic rings. The van der Waals surface area contributed by atoms with Gasteiger partial charge < -0.3 is 20.1 Å². The Morgan fingerprint density at radius 3 is 2.27 bits per heavy atom. The van der Waals surface area contributed by atoms with Crippen LogP contribution in [0.5, 0.6) is 0 Å². The molecule has 2 amide bonds. The van der Waals surface area contributed by atoms with Crippen molar-refractivity contribution in [1.29, 1.82) is 0 Å². The minimum atomic E-state index is -0.490. The second kappa shape index (κ2) is 13.8. The van der Waals surface area contributed by atoms with E-state index in [9.17, 15) is 19.5 Å². The van der Waals surface area contributed by atoms with E-state index in [1.165, 1.54) is 4.90 Å². The van der Waals surface area contributed by atoms with Crippen LogP contribution in [0.1, 0.15) is 55.1 Å². The molecule has 0 saturated heterocycles. The first-order valence-corrected chi connectivity index (χ1v) is 8.69. The third-order valence-corrected chi connectivity index (χ3v) is 3.25. The molecule has 7 nitrogen and oxygen atoms in total. The standard InChI is InChI=1S/C16H23NO4.C3H7NO/c1-3-5-14(18)12-6-8-13(9-7-12)16(20)17-11-10-15(19)21-4-2;1-4(2)3-5/h6-9,14,18H,3-5,10-11H2,1-2H3,(H,17,20);3H,1-2H3. The molecule has 146 valence electrons. The zero-order valence-electron chi connectivity index (χ0n) is 16.0. The number of ether oxygens (including phenoxy) is 1. The average molecular weight is 366 g/mol. The molecule has 1 rings (SSSR count). The topological polar surface area (TPSA) is 95.9 Å². The first-order chi connectivity index (χ1) is 12.3. The maximum atomic E-state index is 11.9. The summed E-state index contributed by atoms with van der Waals surface area (Å²) in [5, 5.41) is 12.5. The van der Waals surface area contributed by atoms with Crippen LogP contribution in [0.3, 0.4) is 0 Å². The predicted molar refractivity (Wildman–Crippen MR) is 99.6 cm³/mol. The van der Waals surface area contributed by atoms with Crippen molar-refractivity contribution in [2.75, 3.05) is 27.2 Å². The molecule has 0 fully saturated rings. The number of carbonyl (C=O) groups is 3. The van der Waals surface area contributed by atoms with E-state index in [0.717, 1.165) is 18.4 Å². The lowest BCUT2D eigenvalue weighted by molar-refractivity contribution is -0.142. The molecule has 0 spiro atoms. The van der Waals surface area contributed by atoms with Crippen LogP contribution >= 0.6 is 0 Å². The minimum Gasteiger partial charge on any atom is -0.466 e. The molecule has 0 aliphatic heterocycles. The Morgan fingerprint density at radius 1 is 1.23 bits per heavy atom. The fourth-order valence-corrected chi connectivity index (χ4v) is 1.91.